The van der Waals surface area contributed by atoms with Crippen molar-refractivity contribution in [2.75, 3.05) is 0 Å². The van der Waals surface area contributed by atoms with Crippen molar-refractivity contribution in [3.8, 4) is 0 Å². The molecule has 0 heterocycles. The van der Waals surface area contributed by atoms with Crippen LogP contribution in [-0.2, 0) is 16.8 Å². The molecule has 102 valence electrons. The molecule has 1 fully saturated rings. The maximum Gasteiger partial charge on any atom is 0.225 e. The van der Waals surface area contributed by atoms with Crippen molar-refractivity contribution in [1.82, 2.24) is 5.32 Å². The predicted molar refractivity (Wildman–Crippen MR) is 83.3 cm³/mol. The van der Waals surface area contributed by atoms with E-state index in [9.17, 15) is 4.79 Å². The molecule has 1 aliphatic carbocycles. The minimum absolute atomic E-state index is 0.0875. The number of carbonyl (C=O) groups excluding carboxylic acids is 1. The van der Waals surface area contributed by atoms with Crippen molar-refractivity contribution in [1.29, 1.82) is 0 Å². The summed E-state index contributed by atoms with van der Waals surface area (Å²) in [4.78, 5) is 12.2. The molecular formula is C17H16BrNO. The van der Waals surface area contributed by atoms with Crippen molar-refractivity contribution >= 4 is 21.8 Å². The first-order chi connectivity index (χ1) is 9.68. The maximum atomic E-state index is 12.2. The Labute approximate surface area is 127 Å². The van der Waals surface area contributed by atoms with E-state index in [4.69, 9.17) is 0 Å². The van der Waals surface area contributed by atoms with Crippen LogP contribution < -0.4 is 5.32 Å². The highest BCUT2D eigenvalue weighted by atomic mass is 79.9. The number of nitrogens with one attached hydrogen (secondary N) is 1. The monoisotopic (exact) mass is 329 g/mol. The largest absolute Gasteiger partial charge is 0.346 e. The number of hydrogen-bond donors (Lipinski definition) is 1. The van der Waals surface area contributed by atoms with E-state index in [0.717, 1.165) is 22.9 Å². The van der Waals surface area contributed by atoms with E-state index >= 15 is 0 Å². The minimum Gasteiger partial charge on any atom is -0.346 e. The molecule has 0 unspecified atom stereocenters. The van der Waals surface area contributed by atoms with Gasteiger partial charge in [-0.25, -0.2) is 0 Å². The Morgan fingerprint density at radius 2 is 1.85 bits per heavy atom. The lowest BCUT2D eigenvalue weighted by Gasteiger charge is -2.18. The summed E-state index contributed by atoms with van der Waals surface area (Å²) in [5.74, 6) is 0.0875. The van der Waals surface area contributed by atoms with Gasteiger partial charge in [0.15, 0.2) is 0 Å². The van der Waals surface area contributed by atoms with Gasteiger partial charge in [-0.15, -0.1) is 0 Å². The highest BCUT2D eigenvalue weighted by molar-refractivity contribution is 9.10. The van der Waals surface area contributed by atoms with Gasteiger partial charge in [0, 0.05) is 4.47 Å². The van der Waals surface area contributed by atoms with Crippen molar-refractivity contribution in [2.45, 2.75) is 24.8 Å². The van der Waals surface area contributed by atoms with Gasteiger partial charge in [-0.3, -0.25) is 4.79 Å². The smallest absolute Gasteiger partial charge is 0.225 e. The number of carbonyl (C=O) groups is 1. The molecule has 0 spiro atoms. The summed E-state index contributed by atoms with van der Waals surface area (Å²) in [5.41, 5.74) is 2.12. The zero-order chi connectivity index (χ0) is 14.0. The molecule has 3 heteroatoms. The Hall–Kier alpha value is -1.61. The molecule has 20 heavy (non-hydrogen) atoms. The van der Waals surface area contributed by atoms with Crippen LogP contribution >= 0.6 is 15.9 Å². The Morgan fingerprint density at radius 1 is 1.10 bits per heavy atom. The standard InChI is InChI=1S/C17H16BrNO/c18-15-8-4-5-13(11-15)12-16(20)19-17(9-10-17)14-6-2-1-3-7-14/h1-8,11H,9-10,12H2,(H,19,20). The molecule has 0 aromatic heterocycles. The first kappa shape index (κ1) is 13.4. The lowest BCUT2D eigenvalue weighted by molar-refractivity contribution is -0.121. The summed E-state index contributed by atoms with van der Waals surface area (Å²) in [5, 5.41) is 3.20. The SMILES string of the molecule is O=C(Cc1cccc(Br)c1)NC1(c2ccccc2)CC1. The Balaban J connectivity index is 1.68. The number of hydrogen-bond acceptors (Lipinski definition) is 1. The molecule has 1 amide bonds. The lowest BCUT2D eigenvalue weighted by atomic mass is 10.0. The van der Waals surface area contributed by atoms with Crippen LogP contribution in [0.4, 0.5) is 0 Å². The number of benzene rings is 2. The fraction of sp³-hybridized carbons (Fsp3) is 0.235. The van der Waals surface area contributed by atoms with Crippen molar-refractivity contribution < 1.29 is 4.79 Å². The van der Waals surface area contributed by atoms with Crippen LogP contribution in [0.15, 0.2) is 59.1 Å². The quantitative estimate of drug-likeness (QED) is 0.908. The number of halogens is 1. The lowest BCUT2D eigenvalue weighted by Crippen LogP contribution is -2.35. The van der Waals surface area contributed by atoms with Crippen molar-refractivity contribution in [3.05, 3.63) is 70.2 Å². The predicted octanol–water partition coefficient (Wildman–Crippen LogP) is 3.80. The van der Waals surface area contributed by atoms with Gasteiger partial charge in [-0.2, -0.15) is 0 Å². The second kappa shape index (κ2) is 5.41. The second-order valence-electron chi connectivity index (χ2n) is 5.30. The summed E-state index contributed by atoms with van der Waals surface area (Å²) in [7, 11) is 0. The minimum atomic E-state index is -0.121. The highest BCUT2D eigenvalue weighted by Gasteiger charge is 2.45. The molecule has 1 aliphatic rings. The highest BCUT2D eigenvalue weighted by Crippen LogP contribution is 2.45. The molecule has 0 radical (unpaired) electrons. The molecule has 2 aromatic carbocycles. The fourth-order valence-electron chi connectivity index (χ4n) is 2.51. The molecule has 0 bridgehead atoms. The van der Waals surface area contributed by atoms with Crippen LogP contribution in [0.3, 0.4) is 0 Å². The van der Waals surface area contributed by atoms with Crippen LogP contribution in [0.1, 0.15) is 24.0 Å². The molecule has 3 rings (SSSR count). The Bertz CT molecular complexity index is 620. The molecule has 0 atom stereocenters. The van der Waals surface area contributed by atoms with E-state index in [0.29, 0.717) is 6.42 Å². The van der Waals surface area contributed by atoms with Crippen LogP contribution in [0.25, 0.3) is 0 Å². The van der Waals surface area contributed by atoms with Crippen LogP contribution in [0, 0.1) is 0 Å². The molecule has 1 saturated carbocycles. The summed E-state index contributed by atoms with van der Waals surface area (Å²) >= 11 is 3.43. The van der Waals surface area contributed by atoms with E-state index in [1.807, 2.05) is 42.5 Å². The first-order valence-electron chi connectivity index (χ1n) is 6.79. The summed E-state index contributed by atoms with van der Waals surface area (Å²) in [6.07, 6.45) is 2.48. The molecular weight excluding hydrogens is 314 g/mol. The third-order valence-corrected chi connectivity index (χ3v) is 4.20. The average molecular weight is 330 g/mol. The first-order valence-corrected chi connectivity index (χ1v) is 7.58. The van der Waals surface area contributed by atoms with E-state index in [2.05, 4.69) is 33.4 Å². The number of rotatable bonds is 4. The third-order valence-electron chi connectivity index (χ3n) is 3.71. The van der Waals surface area contributed by atoms with Gasteiger partial charge in [-0.1, -0.05) is 58.4 Å². The van der Waals surface area contributed by atoms with Gasteiger partial charge in [0.1, 0.15) is 0 Å². The van der Waals surface area contributed by atoms with E-state index in [1.165, 1.54) is 5.56 Å². The van der Waals surface area contributed by atoms with Gasteiger partial charge in [0.25, 0.3) is 0 Å². The van der Waals surface area contributed by atoms with Crippen molar-refractivity contribution in [3.63, 3.8) is 0 Å². The fourth-order valence-corrected chi connectivity index (χ4v) is 2.96. The van der Waals surface area contributed by atoms with E-state index in [-0.39, 0.29) is 11.4 Å². The van der Waals surface area contributed by atoms with Crippen molar-refractivity contribution in [2.24, 2.45) is 0 Å². The summed E-state index contributed by atoms with van der Waals surface area (Å²) < 4.78 is 1.01. The van der Waals surface area contributed by atoms with Gasteiger partial charge >= 0.3 is 0 Å². The zero-order valence-electron chi connectivity index (χ0n) is 11.1. The Morgan fingerprint density at radius 3 is 2.50 bits per heavy atom. The number of amides is 1. The summed E-state index contributed by atoms with van der Waals surface area (Å²) in [6, 6.07) is 18.1. The zero-order valence-corrected chi connectivity index (χ0v) is 12.7. The summed E-state index contributed by atoms with van der Waals surface area (Å²) in [6.45, 7) is 0. The second-order valence-corrected chi connectivity index (χ2v) is 6.22. The topological polar surface area (TPSA) is 29.1 Å². The Kier molecular flexibility index (Phi) is 3.62. The molecule has 2 aromatic rings. The molecule has 2 nitrogen and oxygen atoms in total. The van der Waals surface area contributed by atoms with Gasteiger partial charge in [0.05, 0.1) is 12.0 Å². The molecule has 0 aliphatic heterocycles. The van der Waals surface area contributed by atoms with Crippen LogP contribution in [0.5, 0.6) is 0 Å². The molecule has 0 saturated heterocycles. The van der Waals surface area contributed by atoms with E-state index in [1.54, 1.807) is 0 Å². The maximum absolute atomic E-state index is 12.2. The van der Waals surface area contributed by atoms with Gasteiger partial charge in [-0.05, 0) is 36.1 Å². The normalized spacial score (nSPS) is 15.7. The van der Waals surface area contributed by atoms with Gasteiger partial charge in [0.2, 0.25) is 5.91 Å². The van der Waals surface area contributed by atoms with Crippen LogP contribution in [0.2, 0.25) is 0 Å². The van der Waals surface area contributed by atoms with E-state index < -0.39 is 0 Å². The average Bonchev–Trinajstić information content (AvgIpc) is 3.20. The third kappa shape index (κ3) is 2.93. The van der Waals surface area contributed by atoms with Gasteiger partial charge < -0.3 is 5.32 Å². The molecule has 1 N–H and O–H groups in total. The van der Waals surface area contributed by atoms with Crippen LogP contribution in [-0.4, -0.2) is 5.91 Å².